The minimum Gasteiger partial charge on any atom is -0.459 e. The van der Waals surface area contributed by atoms with Gasteiger partial charge in [-0.1, -0.05) is 41.9 Å². The number of carbonyl (C=O) groups excluding carboxylic acids is 4. The molecule has 3 N–H and O–H groups in total. The highest BCUT2D eigenvalue weighted by molar-refractivity contribution is 6.30. The van der Waals surface area contributed by atoms with Crippen LogP contribution in [0.5, 0.6) is 0 Å². The fourth-order valence-electron chi connectivity index (χ4n) is 4.47. The van der Waals surface area contributed by atoms with E-state index in [1.54, 1.807) is 48.5 Å². The Balaban J connectivity index is 1.21. The average Bonchev–Trinajstić information content (AvgIpc) is 3.72. The van der Waals surface area contributed by atoms with Gasteiger partial charge in [0.1, 0.15) is 25.1 Å². The standard InChI is InChI=1S/C31H28ClN7O6/c32-22-7-13-27(39-19-33-37-38-39)21(17-22)6-14-28(40)36-26(16-20-4-2-1-3-5-20)30(42)34-23-8-10-24(11-9-23)35-31(43)44-18-25-12-15-29(41)45-25/h1-11,13-14,17,19,25-26H,12,15-16,18H2,(H,34,42)(H,35,43)(H,36,40)/b14-6+/t25-,26-/m0/s1. The van der Waals surface area contributed by atoms with E-state index >= 15 is 0 Å². The van der Waals surface area contributed by atoms with Gasteiger partial charge in [0.05, 0.1) is 5.69 Å². The summed E-state index contributed by atoms with van der Waals surface area (Å²) in [4.78, 5) is 49.7. The Bertz CT molecular complexity index is 1680. The monoisotopic (exact) mass is 629 g/mol. The van der Waals surface area contributed by atoms with Crippen LogP contribution in [0.2, 0.25) is 5.02 Å². The number of amides is 3. The lowest BCUT2D eigenvalue weighted by atomic mass is 10.0. The number of hydrogen-bond donors (Lipinski definition) is 3. The number of cyclic esters (lactones) is 1. The fourth-order valence-corrected chi connectivity index (χ4v) is 4.65. The Morgan fingerprint density at radius 2 is 1.80 bits per heavy atom. The van der Waals surface area contributed by atoms with Crippen molar-refractivity contribution in [3.05, 3.63) is 101 Å². The lowest BCUT2D eigenvalue weighted by Crippen LogP contribution is -2.44. The van der Waals surface area contributed by atoms with Crippen LogP contribution >= 0.6 is 11.6 Å². The second kappa shape index (κ2) is 14.8. The van der Waals surface area contributed by atoms with Crippen molar-refractivity contribution in [1.29, 1.82) is 0 Å². The third-order valence-corrected chi connectivity index (χ3v) is 6.92. The average molecular weight is 630 g/mol. The Hall–Kier alpha value is -5.56. The molecule has 1 aromatic heterocycles. The third kappa shape index (κ3) is 8.97. The molecular weight excluding hydrogens is 602 g/mol. The van der Waals surface area contributed by atoms with Gasteiger partial charge in [-0.3, -0.25) is 19.7 Å². The molecule has 2 atom stereocenters. The van der Waals surface area contributed by atoms with Crippen LogP contribution in [0.4, 0.5) is 16.2 Å². The van der Waals surface area contributed by atoms with Gasteiger partial charge in [-0.25, -0.2) is 4.79 Å². The minimum absolute atomic E-state index is 0.0328. The van der Waals surface area contributed by atoms with E-state index in [1.807, 2.05) is 30.3 Å². The van der Waals surface area contributed by atoms with Crippen molar-refractivity contribution < 1.29 is 28.7 Å². The molecule has 1 aliphatic rings. The summed E-state index contributed by atoms with van der Waals surface area (Å²) < 4.78 is 11.6. The number of benzene rings is 3. The van der Waals surface area contributed by atoms with Crippen LogP contribution in [-0.2, 0) is 30.3 Å². The highest BCUT2D eigenvalue weighted by atomic mass is 35.5. The summed E-state index contributed by atoms with van der Waals surface area (Å²) >= 11 is 6.17. The molecule has 2 heterocycles. The van der Waals surface area contributed by atoms with Gasteiger partial charge in [-0.2, -0.15) is 4.68 Å². The largest absolute Gasteiger partial charge is 0.459 e. The van der Waals surface area contributed by atoms with Gasteiger partial charge in [0, 0.05) is 40.9 Å². The SMILES string of the molecule is O=C(/C=C/c1cc(Cl)ccc1-n1cnnn1)N[C@@H](Cc1ccccc1)C(=O)Nc1ccc(NC(=O)OC[C@@H]2CCC(=O)O2)cc1. The first-order chi connectivity index (χ1) is 21.8. The molecule has 0 unspecified atom stereocenters. The maximum absolute atomic E-state index is 13.4. The smallest absolute Gasteiger partial charge is 0.411 e. The molecule has 5 rings (SSSR count). The summed E-state index contributed by atoms with van der Waals surface area (Å²) in [5.41, 5.74) is 2.93. The summed E-state index contributed by atoms with van der Waals surface area (Å²) in [6, 6.07) is 19.8. The Morgan fingerprint density at radius 3 is 2.49 bits per heavy atom. The zero-order valence-electron chi connectivity index (χ0n) is 23.8. The molecule has 14 heteroatoms. The Kier molecular flexibility index (Phi) is 10.1. The number of ether oxygens (including phenoxy) is 2. The van der Waals surface area contributed by atoms with Gasteiger partial charge in [0.15, 0.2) is 0 Å². The quantitative estimate of drug-likeness (QED) is 0.164. The molecule has 3 amide bonds. The minimum atomic E-state index is -0.916. The first kappa shape index (κ1) is 30.9. The van der Waals surface area contributed by atoms with Gasteiger partial charge < -0.3 is 20.1 Å². The van der Waals surface area contributed by atoms with Gasteiger partial charge in [-0.05, 0) is 71.0 Å². The van der Waals surface area contributed by atoms with E-state index in [1.165, 1.54) is 17.1 Å². The second-order valence-electron chi connectivity index (χ2n) is 9.98. The molecule has 0 spiro atoms. The fraction of sp³-hybridized carbons (Fsp3) is 0.194. The molecule has 0 saturated carbocycles. The summed E-state index contributed by atoms with van der Waals surface area (Å²) in [7, 11) is 0. The number of aromatic nitrogens is 4. The van der Waals surface area contributed by atoms with Crippen LogP contribution in [0.1, 0.15) is 24.0 Å². The Morgan fingerprint density at radius 1 is 1.04 bits per heavy atom. The van der Waals surface area contributed by atoms with Crippen LogP contribution in [-0.4, -0.2) is 62.8 Å². The summed E-state index contributed by atoms with van der Waals surface area (Å²) in [5.74, 6) is -1.25. The predicted molar refractivity (Wildman–Crippen MR) is 164 cm³/mol. The molecule has 13 nitrogen and oxygen atoms in total. The maximum atomic E-state index is 13.4. The lowest BCUT2D eigenvalue weighted by molar-refractivity contribution is -0.142. The topological polar surface area (TPSA) is 166 Å². The van der Waals surface area contributed by atoms with Crippen LogP contribution in [0.15, 0.2) is 85.2 Å². The van der Waals surface area contributed by atoms with Crippen molar-refractivity contribution in [2.45, 2.75) is 31.4 Å². The number of tetrazole rings is 1. The molecule has 4 aromatic rings. The summed E-state index contributed by atoms with van der Waals surface area (Å²) in [6.45, 7) is -0.0328. The van der Waals surface area contributed by atoms with Gasteiger partial charge in [0.25, 0.3) is 0 Å². The maximum Gasteiger partial charge on any atom is 0.411 e. The van der Waals surface area contributed by atoms with E-state index in [-0.39, 0.29) is 19.0 Å². The molecule has 0 aliphatic carbocycles. The van der Waals surface area contributed by atoms with Crippen molar-refractivity contribution in [1.82, 2.24) is 25.5 Å². The van der Waals surface area contributed by atoms with Crippen LogP contribution in [0, 0.1) is 0 Å². The molecule has 0 radical (unpaired) electrons. The molecule has 1 fully saturated rings. The van der Waals surface area contributed by atoms with Crippen molar-refractivity contribution >= 4 is 52.9 Å². The van der Waals surface area contributed by atoms with Crippen molar-refractivity contribution in [2.24, 2.45) is 0 Å². The molecule has 230 valence electrons. The highest BCUT2D eigenvalue weighted by Crippen LogP contribution is 2.21. The first-order valence-electron chi connectivity index (χ1n) is 13.9. The molecular formula is C31H28ClN7O6. The van der Waals surface area contributed by atoms with Crippen molar-refractivity contribution in [2.75, 3.05) is 17.2 Å². The van der Waals surface area contributed by atoms with Crippen molar-refractivity contribution in [3.8, 4) is 5.69 Å². The first-order valence-corrected chi connectivity index (χ1v) is 14.3. The van der Waals surface area contributed by atoms with E-state index in [0.29, 0.717) is 40.5 Å². The number of rotatable bonds is 11. The van der Waals surface area contributed by atoms with Gasteiger partial charge in [-0.15, -0.1) is 5.10 Å². The summed E-state index contributed by atoms with van der Waals surface area (Å²) in [6.07, 6.45) is 4.21. The third-order valence-electron chi connectivity index (χ3n) is 6.68. The molecule has 45 heavy (non-hydrogen) atoms. The van der Waals surface area contributed by atoms with Crippen LogP contribution < -0.4 is 16.0 Å². The molecule has 3 aromatic carbocycles. The molecule has 1 saturated heterocycles. The number of carbonyl (C=O) groups is 4. The number of nitrogens with zero attached hydrogens (tertiary/aromatic N) is 4. The molecule has 1 aliphatic heterocycles. The van der Waals surface area contributed by atoms with E-state index in [0.717, 1.165) is 5.56 Å². The lowest BCUT2D eigenvalue weighted by Gasteiger charge is -2.18. The highest BCUT2D eigenvalue weighted by Gasteiger charge is 2.25. The number of esters is 1. The Labute approximate surface area is 262 Å². The number of anilines is 2. The van der Waals surface area contributed by atoms with E-state index in [9.17, 15) is 19.2 Å². The van der Waals surface area contributed by atoms with Gasteiger partial charge >= 0.3 is 12.1 Å². The van der Waals surface area contributed by atoms with Crippen LogP contribution in [0.25, 0.3) is 11.8 Å². The summed E-state index contributed by atoms with van der Waals surface area (Å²) in [5, 5.41) is 19.8. The van der Waals surface area contributed by atoms with E-state index < -0.39 is 30.1 Å². The number of halogens is 1. The van der Waals surface area contributed by atoms with Crippen LogP contribution in [0.3, 0.4) is 0 Å². The van der Waals surface area contributed by atoms with E-state index in [2.05, 4.69) is 31.5 Å². The number of hydrogen-bond acceptors (Lipinski definition) is 9. The predicted octanol–water partition coefficient (Wildman–Crippen LogP) is 3.95. The van der Waals surface area contributed by atoms with Crippen molar-refractivity contribution in [3.63, 3.8) is 0 Å². The van der Waals surface area contributed by atoms with E-state index in [4.69, 9.17) is 21.1 Å². The zero-order chi connectivity index (χ0) is 31.6. The normalized spacial score (nSPS) is 14.9. The molecule has 0 bridgehead atoms. The van der Waals surface area contributed by atoms with Gasteiger partial charge in [0.2, 0.25) is 11.8 Å². The zero-order valence-corrected chi connectivity index (χ0v) is 24.5. The number of nitrogens with one attached hydrogen (secondary N) is 3. The second-order valence-corrected chi connectivity index (χ2v) is 10.4.